The van der Waals surface area contributed by atoms with E-state index in [1.54, 1.807) is 16.6 Å². The highest BCUT2D eigenvalue weighted by atomic mass is 35.5. The molecule has 0 unspecified atom stereocenters. The van der Waals surface area contributed by atoms with Crippen molar-refractivity contribution in [3.05, 3.63) is 71.1 Å². The van der Waals surface area contributed by atoms with E-state index >= 15 is 0 Å². The Labute approximate surface area is 193 Å². The summed E-state index contributed by atoms with van der Waals surface area (Å²) in [6, 6.07) is 13.8. The summed E-state index contributed by atoms with van der Waals surface area (Å²) in [5.41, 5.74) is 2.55. The lowest BCUT2D eigenvalue weighted by Gasteiger charge is -2.30. The minimum Gasteiger partial charge on any atom is -0.352 e. The molecule has 4 aromatic rings. The maximum Gasteiger partial charge on any atom is 0.223 e. The second-order valence-corrected chi connectivity index (χ2v) is 9.16. The quantitative estimate of drug-likeness (QED) is 0.456. The van der Waals surface area contributed by atoms with Gasteiger partial charge in [-0.1, -0.05) is 41.1 Å². The first-order chi connectivity index (χ1) is 15.6. The van der Waals surface area contributed by atoms with Crippen molar-refractivity contribution in [1.29, 1.82) is 0 Å². The van der Waals surface area contributed by atoms with Crippen molar-refractivity contribution in [3.63, 3.8) is 0 Å². The molecule has 0 radical (unpaired) electrons. The lowest BCUT2D eigenvalue weighted by atomic mass is 9.96. The van der Waals surface area contributed by atoms with E-state index in [-0.39, 0.29) is 17.6 Å². The standard InChI is InChI=1S/C23H21ClFN5OS/c24-19-4-2-1-3-17(19)13-26-21(31)16-9-11-29(12-10-16)23-28-30-14-20(27-22(30)32-23)15-5-7-18(25)8-6-15/h1-8,14,16H,9-13H2,(H,26,31). The molecular weight excluding hydrogens is 449 g/mol. The molecular formula is C23H21ClFN5OS. The number of rotatable bonds is 5. The molecule has 0 spiro atoms. The predicted molar refractivity (Wildman–Crippen MR) is 124 cm³/mol. The van der Waals surface area contributed by atoms with Crippen molar-refractivity contribution < 1.29 is 9.18 Å². The lowest BCUT2D eigenvalue weighted by molar-refractivity contribution is -0.125. The van der Waals surface area contributed by atoms with E-state index < -0.39 is 0 Å². The summed E-state index contributed by atoms with van der Waals surface area (Å²) in [5.74, 6) is -0.207. The van der Waals surface area contributed by atoms with Gasteiger partial charge in [0, 0.05) is 36.1 Å². The van der Waals surface area contributed by atoms with Crippen LogP contribution in [0.3, 0.4) is 0 Å². The molecule has 5 rings (SSSR count). The number of piperidine rings is 1. The SMILES string of the molecule is O=C(NCc1ccccc1Cl)C1CCN(c2nn3cc(-c4ccc(F)cc4)nc3s2)CC1. The van der Waals surface area contributed by atoms with E-state index in [4.69, 9.17) is 11.6 Å². The van der Waals surface area contributed by atoms with E-state index in [2.05, 4.69) is 20.3 Å². The number of aromatic nitrogens is 3. The van der Waals surface area contributed by atoms with Crippen LogP contribution in [-0.2, 0) is 11.3 Å². The number of nitrogens with one attached hydrogen (secondary N) is 1. The Bertz CT molecular complexity index is 1220. The van der Waals surface area contributed by atoms with Gasteiger partial charge >= 0.3 is 0 Å². The molecule has 1 saturated heterocycles. The van der Waals surface area contributed by atoms with Crippen molar-refractivity contribution in [2.24, 2.45) is 5.92 Å². The maximum atomic E-state index is 13.1. The second kappa shape index (κ2) is 8.88. The first-order valence-corrected chi connectivity index (χ1v) is 11.6. The summed E-state index contributed by atoms with van der Waals surface area (Å²) in [6.07, 6.45) is 3.41. The first-order valence-electron chi connectivity index (χ1n) is 10.4. The second-order valence-electron chi connectivity index (χ2n) is 7.82. The van der Waals surface area contributed by atoms with Gasteiger partial charge in [0.05, 0.1) is 11.9 Å². The predicted octanol–water partition coefficient (Wildman–Crippen LogP) is 4.78. The largest absolute Gasteiger partial charge is 0.352 e. The van der Waals surface area contributed by atoms with Crippen molar-refractivity contribution in [2.75, 3.05) is 18.0 Å². The Balaban J connectivity index is 1.18. The fraction of sp³-hybridized carbons (Fsp3) is 0.261. The van der Waals surface area contributed by atoms with E-state index in [1.807, 2.05) is 30.5 Å². The number of anilines is 1. The van der Waals surface area contributed by atoms with Crippen molar-refractivity contribution in [3.8, 4) is 11.3 Å². The van der Waals surface area contributed by atoms with Crippen molar-refractivity contribution in [2.45, 2.75) is 19.4 Å². The summed E-state index contributed by atoms with van der Waals surface area (Å²) in [7, 11) is 0. The van der Waals surface area contributed by atoms with Gasteiger partial charge in [0.15, 0.2) is 0 Å². The van der Waals surface area contributed by atoms with Gasteiger partial charge < -0.3 is 10.2 Å². The van der Waals surface area contributed by atoms with Gasteiger partial charge in [0.2, 0.25) is 16.0 Å². The van der Waals surface area contributed by atoms with Crippen LogP contribution < -0.4 is 10.2 Å². The molecule has 0 bridgehead atoms. The number of benzene rings is 2. The molecule has 2 aromatic heterocycles. The zero-order valence-corrected chi connectivity index (χ0v) is 18.7. The van der Waals surface area contributed by atoms with Crippen LogP contribution in [0.4, 0.5) is 9.52 Å². The Kier molecular flexibility index (Phi) is 5.80. The molecule has 32 heavy (non-hydrogen) atoms. The first kappa shape index (κ1) is 20.9. The average molecular weight is 470 g/mol. The summed E-state index contributed by atoms with van der Waals surface area (Å²) < 4.78 is 14.9. The van der Waals surface area contributed by atoms with Gasteiger partial charge in [-0.05, 0) is 48.7 Å². The summed E-state index contributed by atoms with van der Waals surface area (Å²) in [6.45, 7) is 1.98. The monoisotopic (exact) mass is 469 g/mol. The number of fused-ring (bicyclic) bond motifs is 1. The van der Waals surface area contributed by atoms with Gasteiger partial charge in [-0.25, -0.2) is 13.9 Å². The van der Waals surface area contributed by atoms with Gasteiger partial charge in [-0.15, -0.1) is 5.10 Å². The lowest BCUT2D eigenvalue weighted by Crippen LogP contribution is -2.40. The third-order valence-corrected chi connectivity index (χ3v) is 7.07. The Hall–Kier alpha value is -2.97. The minimum atomic E-state index is -0.267. The van der Waals surface area contributed by atoms with E-state index in [0.29, 0.717) is 11.6 Å². The van der Waals surface area contributed by atoms with Gasteiger partial charge in [-0.3, -0.25) is 4.79 Å². The van der Waals surface area contributed by atoms with E-state index in [9.17, 15) is 9.18 Å². The molecule has 1 fully saturated rings. The van der Waals surface area contributed by atoms with Crippen LogP contribution in [0, 0.1) is 11.7 Å². The fourth-order valence-electron chi connectivity index (χ4n) is 3.88. The highest BCUT2D eigenvalue weighted by molar-refractivity contribution is 7.20. The van der Waals surface area contributed by atoms with Crippen LogP contribution in [0.25, 0.3) is 16.2 Å². The van der Waals surface area contributed by atoms with Crippen molar-refractivity contribution >= 4 is 38.9 Å². The molecule has 0 atom stereocenters. The van der Waals surface area contributed by atoms with Crippen LogP contribution in [-0.4, -0.2) is 33.6 Å². The number of imidazole rings is 1. The van der Waals surface area contributed by atoms with Gasteiger partial charge in [-0.2, -0.15) is 0 Å². The van der Waals surface area contributed by atoms with Crippen LogP contribution in [0.2, 0.25) is 5.02 Å². The highest BCUT2D eigenvalue weighted by Gasteiger charge is 2.27. The van der Waals surface area contributed by atoms with Gasteiger partial charge in [0.25, 0.3) is 0 Å². The molecule has 1 aliphatic heterocycles. The molecule has 2 aromatic carbocycles. The number of nitrogens with zero attached hydrogens (tertiary/aromatic N) is 4. The van der Waals surface area contributed by atoms with Crippen LogP contribution in [0.5, 0.6) is 0 Å². The highest BCUT2D eigenvalue weighted by Crippen LogP contribution is 2.30. The van der Waals surface area contributed by atoms with Crippen LogP contribution in [0.1, 0.15) is 18.4 Å². The molecule has 1 aliphatic rings. The minimum absolute atomic E-state index is 0.0112. The Morgan fingerprint density at radius 3 is 2.62 bits per heavy atom. The van der Waals surface area contributed by atoms with Crippen molar-refractivity contribution in [1.82, 2.24) is 19.9 Å². The fourth-order valence-corrected chi connectivity index (χ4v) is 5.02. The molecule has 9 heteroatoms. The zero-order chi connectivity index (χ0) is 22.1. The third-order valence-electron chi connectivity index (χ3n) is 5.72. The topological polar surface area (TPSA) is 62.5 Å². The molecule has 0 saturated carbocycles. The molecule has 6 nitrogen and oxygen atoms in total. The molecule has 1 N–H and O–H groups in total. The number of hydrogen-bond donors (Lipinski definition) is 1. The zero-order valence-electron chi connectivity index (χ0n) is 17.2. The van der Waals surface area contributed by atoms with E-state index in [1.165, 1.54) is 23.5 Å². The third kappa shape index (κ3) is 4.33. The average Bonchev–Trinajstić information content (AvgIpc) is 3.39. The van der Waals surface area contributed by atoms with Crippen LogP contribution in [0.15, 0.2) is 54.7 Å². The molecule has 164 valence electrons. The summed E-state index contributed by atoms with van der Waals surface area (Å²) in [4.78, 5) is 20.2. The maximum absolute atomic E-state index is 13.1. The number of hydrogen-bond acceptors (Lipinski definition) is 5. The molecule has 3 heterocycles. The van der Waals surface area contributed by atoms with Gasteiger partial charge in [0.1, 0.15) is 5.82 Å². The number of carbonyl (C=O) groups is 1. The molecule has 0 aliphatic carbocycles. The summed E-state index contributed by atoms with van der Waals surface area (Å²) in [5, 5.41) is 9.24. The Morgan fingerprint density at radius 2 is 1.91 bits per heavy atom. The normalized spacial score (nSPS) is 14.8. The smallest absolute Gasteiger partial charge is 0.223 e. The number of carbonyl (C=O) groups excluding carboxylic acids is 1. The van der Waals surface area contributed by atoms with E-state index in [0.717, 1.165) is 52.8 Å². The van der Waals surface area contributed by atoms with Crippen LogP contribution >= 0.6 is 22.9 Å². The molecule has 1 amide bonds. The number of halogens is 2. The summed E-state index contributed by atoms with van der Waals surface area (Å²) >= 11 is 7.69. The number of amides is 1. The Morgan fingerprint density at radius 1 is 1.16 bits per heavy atom.